The smallest absolute Gasteiger partial charge is 0.279 e. The summed E-state index contributed by atoms with van der Waals surface area (Å²) in [6.07, 6.45) is 0. The van der Waals surface area contributed by atoms with Crippen LogP contribution in [0, 0.1) is 12.7 Å². The number of nitrogens with one attached hydrogen (secondary N) is 2. The normalized spacial score (nSPS) is 12.0. The van der Waals surface area contributed by atoms with Gasteiger partial charge in [0.2, 0.25) is 0 Å². The van der Waals surface area contributed by atoms with Gasteiger partial charge in [0.05, 0.1) is 7.05 Å². The number of carbonyl (C=O) groups excluding carboxylic acids is 1. The molecule has 0 heterocycles. The second kappa shape index (κ2) is 6.99. The summed E-state index contributed by atoms with van der Waals surface area (Å²) < 4.78 is 12.8. The third-order valence-electron chi connectivity index (χ3n) is 3.22. The molecule has 3 nitrogen and oxygen atoms in total. The predicted octanol–water partition coefficient (Wildman–Crippen LogP) is 1.79. The van der Waals surface area contributed by atoms with E-state index in [-0.39, 0.29) is 11.7 Å². The van der Waals surface area contributed by atoms with Crippen molar-refractivity contribution in [2.45, 2.75) is 13.5 Å². The molecule has 110 valence electrons. The van der Waals surface area contributed by atoms with E-state index >= 15 is 0 Å². The van der Waals surface area contributed by atoms with Gasteiger partial charge in [-0.25, -0.2) is 4.39 Å². The molecule has 2 aromatic carbocycles. The summed E-state index contributed by atoms with van der Waals surface area (Å²) in [6.45, 7) is 3.21. The minimum absolute atomic E-state index is 0.0776. The SMILES string of the molecule is Cc1ccc(C[NH+](C)CC(=O)Nc2ccc(F)cc2)cc1. The number of hydrogen-bond acceptors (Lipinski definition) is 1. The molecule has 2 rings (SSSR count). The van der Waals surface area contributed by atoms with Gasteiger partial charge < -0.3 is 10.2 Å². The number of rotatable bonds is 5. The molecule has 0 bridgehead atoms. The lowest BCUT2D eigenvalue weighted by Crippen LogP contribution is -3.08. The van der Waals surface area contributed by atoms with Crippen LogP contribution in [0.2, 0.25) is 0 Å². The highest BCUT2D eigenvalue weighted by Gasteiger charge is 2.10. The van der Waals surface area contributed by atoms with Gasteiger partial charge in [-0.05, 0) is 31.2 Å². The maximum Gasteiger partial charge on any atom is 0.279 e. The average Bonchev–Trinajstić information content (AvgIpc) is 2.44. The van der Waals surface area contributed by atoms with Crippen LogP contribution in [0.5, 0.6) is 0 Å². The molecule has 0 aromatic heterocycles. The van der Waals surface area contributed by atoms with Crippen molar-refractivity contribution in [3.63, 3.8) is 0 Å². The summed E-state index contributed by atoms with van der Waals surface area (Å²) in [4.78, 5) is 13.0. The number of likely N-dealkylation sites (N-methyl/N-ethyl adjacent to an activating group) is 1. The van der Waals surface area contributed by atoms with Gasteiger partial charge in [0, 0.05) is 11.3 Å². The third kappa shape index (κ3) is 5.00. The quantitative estimate of drug-likeness (QED) is 0.863. The van der Waals surface area contributed by atoms with Crippen molar-refractivity contribution >= 4 is 11.6 Å². The molecule has 0 aliphatic heterocycles. The zero-order valence-electron chi connectivity index (χ0n) is 12.3. The average molecular weight is 287 g/mol. The molecule has 1 amide bonds. The van der Waals surface area contributed by atoms with Gasteiger partial charge in [-0.15, -0.1) is 0 Å². The Labute approximate surface area is 124 Å². The maximum absolute atomic E-state index is 12.8. The number of quaternary nitrogens is 1. The second-order valence-electron chi connectivity index (χ2n) is 5.35. The van der Waals surface area contributed by atoms with Crippen molar-refractivity contribution in [1.29, 1.82) is 0 Å². The van der Waals surface area contributed by atoms with E-state index in [1.807, 2.05) is 7.05 Å². The van der Waals surface area contributed by atoms with E-state index in [2.05, 4.69) is 36.5 Å². The zero-order chi connectivity index (χ0) is 15.2. The molecule has 0 aliphatic rings. The van der Waals surface area contributed by atoms with Crippen LogP contribution in [0.3, 0.4) is 0 Å². The molecule has 4 heteroatoms. The van der Waals surface area contributed by atoms with E-state index in [0.717, 1.165) is 11.4 Å². The number of aryl methyl sites for hydroxylation is 1. The highest BCUT2D eigenvalue weighted by Crippen LogP contribution is 2.07. The van der Waals surface area contributed by atoms with Crippen LogP contribution in [0.1, 0.15) is 11.1 Å². The van der Waals surface area contributed by atoms with Crippen LogP contribution in [-0.2, 0) is 11.3 Å². The third-order valence-corrected chi connectivity index (χ3v) is 3.22. The van der Waals surface area contributed by atoms with E-state index < -0.39 is 0 Å². The first-order chi connectivity index (χ1) is 10.0. The summed E-state index contributed by atoms with van der Waals surface area (Å²) in [5.74, 6) is -0.388. The first-order valence-electron chi connectivity index (χ1n) is 6.95. The van der Waals surface area contributed by atoms with Crippen LogP contribution in [0.15, 0.2) is 48.5 Å². The van der Waals surface area contributed by atoms with Gasteiger partial charge in [0.25, 0.3) is 5.91 Å². The molecule has 1 unspecified atom stereocenters. The number of carbonyl (C=O) groups is 1. The van der Waals surface area contributed by atoms with Gasteiger partial charge in [0.1, 0.15) is 12.4 Å². The van der Waals surface area contributed by atoms with Gasteiger partial charge >= 0.3 is 0 Å². The lowest BCUT2D eigenvalue weighted by atomic mass is 10.1. The number of benzene rings is 2. The molecule has 1 atom stereocenters. The Bertz CT molecular complexity index is 593. The Morgan fingerprint density at radius 1 is 1.10 bits per heavy atom. The molecule has 2 aromatic rings. The summed E-state index contributed by atoms with van der Waals surface area (Å²) in [6, 6.07) is 14.1. The molecular weight excluding hydrogens is 267 g/mol. The molecule has 0 aliphatic carbocycles. The molecule has 0 fully saturated rings. The topological polar surface area (TPSA) is 33.5 Å². The highest BCUT2D eigenvalue weighted by molar-refractivity contribution is 5.91. The first-order valence-corrected chi connectivity index (χ1v) is 6.95. The molecule has 21 heavy (non-hydrogen) atoms. The molecular formula is C17H20FN2O+. The Kier molecular flexibility index (Phi) is 5.06. The molecule has 0 saturated heterocycles. The fourth-order valence-corrected chi connectivity index (χ4v) is 2.13. The largest absolute Gasteiger partial charge is 0.326 e. The Hall–Kier alpha value is -2.20. The van der Waals surface area contributed by atoms with E-state index in [0.29, 0.717) is 12.2 Å². The summed E-state index contributed by atoms with van der Waals surface area (Å²) in [5, 5.41) is 2.77. The summed E-state index contributed by atoms with van der Waals surface area (Å²) >= 11 is 0. The van der Waals surface area contributed by atoms with Gasteiger partial charge in [-0.3, -0.25) is 4.79 Å². The van der Waals surface area contributed by atoms with E-state index in [1.54, 1.807) is 12.1 Å². The van der Waals surface area contributed by atoms with Crippen molar-refractivity contribution in [2.24, 2.45) is 0 Å². The number of halogens is 1. The van der Waals surface area contributed by atoms with Gasteiger partial charge in [-0.1, -0.05) is 29.8 Å². The van der Waals surface area contributed by atoms with Crippen molar-refractivity contribution in [3.05, 3.63) is 65.5 Å². The van der Waals surface area contributed by atoms with Gasteiger partial charge in [-0.2, -0.15) is 0 Å². The van der Waals surface area contributed by atoms with E-state index in [9.17, 15) is 9.18 Å². The minimum Gasteiger partial charge on any atom is -0.326 e. The second-order valence-corrected chi connectivity index (χ2v) is 5.35. The lowest BCUT2D eigenvalue weighted by molar-refractivity contribution is -0.885. The van der Waals surface area contributed by atoms with Gasteiger partial charge in [0.15, 0.2) is 6.54 Å². The summed E-state index contributed by atoms with van der Waals surface area (Å²) in [5.41, 5.74) is 3.04. The number of hydrogen-bond donors (Lipinski definition) is 2. The Morgan fingerprint density at radius 2 is 1.71 bits per heavy atom. The lowest BCUT2D eigenvalue weighted by Gasteiger charge is -2.14. The van der Waals surface area contributed by atoms with Crippen LogP contribution in [0.25, 0.3) is 0 Å². The van der Waals surface area contributed by atoms with Crippen LogP contribution < -0.4 is 10.2 Å². The van der Waals surface area contributed by atoms with Crippen LogP contribution in [0.4, 0.5) is 10.1 Å². The zero-order valence-corrected chi connectivity index (χ0v) is 12.3. The predicted molar refractivity (Wildman–Crippen MR) is 81.7 cm³/mol. The molecule has 0 spiro atoms. The fourth-order valence-electron chi connectivity index (χ4n) is 2.13. The first kappa shape index (κ1) is 15.2. The van der Waals surface area contributed by atoms with Crippen molar-refractivity contribution in [2.75, 3.05) is 18.9 Å². The number of amides is 1. The molecule has 0 saturated carbocycles. The fraction of sp³-hybridized carbons (Fsp3) is 0.235. The summed E-state index contributed by atoms with van der Waals surface area (Å²) in [7, 11) is 1.98. The Balaban J connectivity index is 1.84. The van der Waals surface area contributed by atoms with Crippen molar-refractivity contribution < 1.29 is 14.1 Å². The molecule has 0 radical (unpaired) electrons. The molecule has 2 N–H and O–H groups in total. The van der Waals surface area contributed by atoms with Crippen LogP contribution >= 0.6 is 0 Å². The van der Waals surface area contributed by atoms with Crippen LogP contribution in [-0.4, -0.2) is 19.5 Å². The van der Waals surface area contributed by atoms with Crippen molar-refractivity contribution in [3.8, 4) is 0 Å². The van der Waals surface area contributed by atoms with E-state index in [4.69, 9.17) is 0 Å². The van der Waals surface area contributed by atoms with Crippen molar-refractivity contribution in [1.82, 2.24) is 0 Å². The Morgan fingerprint density at radius 3 is 2.33 bits per heavy atom. The standard InChI is InChI=1S/C17H19FN2O/c1-13-3-5-14(6-4-13)11-20(2)12-17(21)19-16-9-7-15(18)8-10-16/h3-10H,11-12H2,1-2H3,(H,19,21)/p+1. The minimum atomic E-state index is -0.310. The maximum atomic E-state index is 12.8. The van der Waals surface area contributed by atoms with E-state index in [1.165, 1.54) is 23.3 Å². The monoisotopic (exact) mass is 287 g/mol. The highest BCUT2D eigenvalue weighted by atomic mass is 19.1. The number of anilines is 1.